The molecule has 0 aromatic heterocycles. The van der Waals surface area contributed by atoms with E-state index >= 15 is 0 Å². The summed E-state index contributed by atoms with van der Waals surface area (Å²) in [5.74, 6) is -0.480. The molecule has 2 aromatic rings. The first kappa shape index (κ1) is 21.7. The molecule has 0 spiro atoms. The molecule has 158 valence electrons. The van der Waals surface area contributed by atoms with E-state index in [1.165, 1.54) is 0 Å². The van der Waals surface area contributed by atoms with Crippen LogP contribution in [0.2, 0.25) is 0 Å². The number of benzene rings is 2. The zero-order valence-electron chi connectivity index (χ0n) is 18.0. The van der Waals surface area contributed by atoms with Crippen LogP contribution in [0.1, 0.15) is 46.1 Å². The monoisotopic (exact) mass is 407 g/mol. The normalized spacial score (nSPS) is 17.2. The Balaban J connectivity index is 1.65. The van der Waals surface area contributed by atoms with Gasteiger partial charge in [0.1, 0.15) is 6.04 Å². The van der Waals surface area contributed by atoms with Crippen LogP contribution in [0.4, 0.5) is 11.4 Å². The number of cyclic esters (lactones) is 1. The Bertz CT molecular complexity index is 918. The molecule has 1 amide bonds. The van der Waals surface area contributed by atoms with E-state index in [1.807, 2.05) is 68.4 Å². The molecule has 0 unspecified atom stereocenters. The summed E-state index contributed by atoms with van der Waals surface area (Å²) in [6.07, 6.45) is 1.15. The lowest BCUT2D eigenvalue weighted by Gasteiger charge is -2.35. The average Bonchev–Trinajstić information content (AvgIpc) is 3.11. The van der Waals surface area contributed by atoms with E-state index in [9.17, 15) is 9.59 Å². The number of rotatable bonds is 7. The summed E-state index contributed by atoms with van der Waals surface area (Å²) >= 11 is 0. The Hall–Kier alpha value is -3.02. The third-order valence-electron chi connectivity index (χ3n) is 5.43. The van der Waals surface area contributed by atoms with Crippen LogP contribution in [-0.4, -0.2) is 24.5 Å². The highest BCUT2D eigenvalue weighted by molar-refractivity contribution is 5.88. The average molecular weight is 408 g/mol. The number of ether oxygens (including phenoxy) is 1. The Morgan fingerprint density at radius 2 is 1.60 bits per heavy atom. The second kappa shape index (κ2) is 8.78. The van der Waals surface area contributed by atoms with Crippen LogP contribution >= 0.6 is 0 Å². The second-order valence-corrected chi connectivity index (χ2v) is 9.01. The number of nitrogens with one attached hydrogen (secondary N) is 1. The number of azo groups is 1. The topological polar surface area (TPSA) is 80.1 Å². The van der Waals surface area contributed by atoms with Crippen molar-refractivity contribution >= 4 is 23.3 Å². The number of hydrogen-bond acceptors (Lipinski definition) is 5. The van der Waals surface area contributed by atoms with E-state index in [0.29, 0.717) is 19.4 Å². The first-order chi connectivity index (χ1) is 14.2. The highest BCUT2D eigenvalue weighted by atomic mass is 16.5. The summed E-state index contributed by atoms with van der Waals surface area (Å²) in [4.78, 5) is 24.5. The van der Waals surface area contributed by atoms with Gasteiger partial charge in [-0.15, -0.1) is 0 Å². The smallest absolute Gasteiger partial charge is 0.328 e. The fourth-order valence-corrected chi connectivity index (χ4v) is 3.86. The minimum atomic E-state index is -0.641. The molecule has 0 aliphatic carbocycles. The quantitative estimate of drug-likeness (QED) is 0.504. The van der Waals surface area contributed by atoms with Crippen molar-refractivity contribution in [3.05, 3.63) is 60.2 Å². The highest BCUT2D eigenvalue weighted by Crippen LogP contribution is 2.37. The number of amides is 1. The Morgan fingerprint density at radius 1 is 1.00 bits per heavy atom. The number of hydrogen-bond donors (Lipinski definition) is 1. The standard InChI is InChI=1S/C24H29N3O3/c1-23(2,16-24(3,4)22(29)25-20-14-15-30-21(20)28)17-10-12-19(13-11-17)27-26-18-8-6-5-7-9-18/h5-13,20H,14-16H2,1-4H3,(H,25,29)/t20-/m0/s1. The van der Waals surface area contributed by atoms with Gasteiger partial charge in [0.15, 0.2) is 0 Å². The summed E-state index contributed by atoms with van der Waals surface area (Å²) in [5, 5.41) is 11.4. The van der Waals surface area contributed by atoms with E-state index in [2.05, 4.69) is 29.4 Å². The molecule has 1 N–H and O–H groups in total. The Labute approximate surface area is 177 Å². The van der Waals surface area contributed by atoms with Crippen LogP contribution in [0.3, 0.4) is 0 Å². The molecule has 0 bridgehead atoms. The fourth-order valence-electron chi connectivity index (χ4n) is 3.86. The van der Waals surface area contributed by atoms with Crippen LogP contribution < -0.4 is 5.32 Å². The molecular weight excluding hydrogens is 378 g/mol. The van der Waals surface area contributed by atoms with Gasteiger partial charge in [0.05, 0.1) is 18.0 Å². The number of nitrogens with zero attached hydrogens (tertiary/aromatic N) is 2. The van der Waals surface area contributed by atoms with Crippen molar-refractivity contribution in [1.82, 2.24) is 5.32 Å². The molecule has 3 rings (SSSR count). The van der Waals surface area contributed by atoms with Crippen LogP contribution in [0.15, 0.2) is 64.8 Å². The maximum atomic E-state index is 12.8. The predicted molar refractivity (Wildman–Crippen MR) is 116 cm³/mol. The van der Waals surface area contributed by atoms with Crippen molar-refractivity contribution in [2.75, 3.05) is 6.61 Å². The third kappa shape index (κ3) is 5.32. The molecule has 2 aromatic carbocycles. The van der Waals surface area contributed by atoms with Crippen molar-refractivity contribution in [1.29, 1.82) is 0 Å². The van der Waals surface area contributed by atoms with Crippen LogP contribution in [0, 0.1) is 5.41 Å². The zero-order valence-corrected chi connectivity index (χ0v) is 18.0. The van der Waals surface area contributed by atoms with E-state index in [-0.39, 0.29) is 17.3 Å². The van der Waals surface area contributed by atoms with E-state index < -0.39 is 11.5 Å². The van der Waals surface area contributed by atoms with Crippen molar-refractivity contribution in [3.8, 4) is 0 Å². The maximum absolute atomic E-state index is 12.8. The van der Waals surface area contributed by atoms with E-state index in [1.54, 1.807) is 0 Å². The van der Waals surface area contributed by atoms with Gasteiger partial charge in [-0.1, -0.05) is 58.0 Å². The van der Waals surface area contributed by atoms with Crippen molar-refractivity contribution in [2.24, 2.45) is 15.6 Å². The van der Waals surface area contributed by atoms with Crippen molar-refractivity contribution < 1.29 is 14.3 Å². The van der Waals surface area contributed by atoms with Gasteiger partial charge in [-0.25, -0.2) is 4.79 Å². The first-order valence-electron chi connectivity index (χ1n) is 10.2. The molecule has 6 heteroatoms. The molecule has 1 saturated heterocycles. The Morgan fingerprint density at radius 3 is 2.17 bits per heavy atom. The molecule has 0 saturated carbocycles. The Kier molecular flexibility index (Phi) is 6.34. The fraction of sp³-hybridized carbons (Fsp3) is 0.417. The molecule has 1 aliphatic heterocycles. The summed E-state index contributed by atoms with van der Waals surface area (Å²) in [7, 11) is 0. The van der Waals surface area contributed by atoms with Gasteiger partial charge in [-0.3, -0.25) is 4.79 Å². The molecule has 0 radical (unpaired) electrons. The predicted octanol–water partition coefficient (Wildman–Crippen LogP) is 5.23. The largest absolute Gasteiger partial charge is 0.464 e. The lowest BCUT2D eigenvalue weighted by Crippen LogP contribution is -2.46. The van der Waals surface area contributed by atoms with Gasteiger partial charge in [-0.2, -0.15) is 10.2 Å². The molecule has 30 heavy (non-hydrogen) atoms. The van der Waals surface area contributed by atoms with E-state index in [4.69, 9.17) is 4.74 Å². The minimum Gasteiger partial charge on any atom is -0.464 e. The molecule has 1 heterocycles. The van der Waals surface area contributed by atoms with Crippen molar-refractivity contribution in [2.45, 2.75) is 52.0 Å². The van der Waals surface area contributed by atoms with Gasteiger partial charge < -0.3 is 10.1 Å². The summed E-state index contributed by atoms with van der Waals surface area (Å²) < 4.78 is 4.94. The van der Waals surface area contributed by atoms with Gasteiger partial charge in [0.25, 0.3) is 0 Å². The first-order valence-corrected chi connectivity index (χ1v) is 10.2. The number of esters is 1. The molecule has 6 nitrogen and oxygen atoms in total. The van der Waals surface area contributed by atoms with Gasteiger partial charge in [0, 0.05) is 11.8 Å². The lowest BCUT2D eigenvalue weighted by molar-refractivity contribution is -0.142. The van der Waals surface area contributed by atoms with Gasteiger partial charge in [0.2, 0.25) is 5.91 Å². The van der Waals surface area contributed by atoms with Crippen LogP contribution in [-0.2, 0) is 19.7 Å². The molecule has 1 atom stereocenters. The summed E-state index contributed by atoms with van der Waals surface area (Å²) in [6, 6.07) is 17.0. The zero-order chi connectivity index (χ0) is 21.8. The van der Waals surface area contributed by atoms with Gasteiger partial charge >= 0.3 is 5.97 Å². The maximum Gasteiger partial charge on any atom is 0.328 e. The van der Waals surface area contributed by atoms with Crippen LogP contribution in [0.5, 0.6) is 0 Å². The van der Waals surface area contributed by atoms with Crippen LogP contribution in [0.25, 0.3) is 0 Å². The minimum absolute atomic E-state index is 0.132. The third-order valence-corrected chi connectivity index (χ3v) is 5.43. The lowest BCUT2D eigenvalue weighted by atomic mass is 9.71. The molecule has 1 fully saturated rings. The number of carbonyl (C=O) groups excluding carboxylic acids is 2. The van der Waals surface area contributed by atoms with Crippen molar-refractivity contribution in [3.63, 3.8) is 0 Å². The SMILES string of the molecule is CC(C)(CC(C)(C)c1ccc(N=Nc2ccccc2)cc1)C(=O)N[C@H]1CCOC1=O. The molecular formula is C24H29N3O3. The number of carbonyl (C=O) groups is 2. The summed E-state index contributed by atoms with van der Waals surface area (Å²) in [5.41, 5.74) is 1.81. The van der Waals surface area contributed by atoms with E-state index in [0.717, 1.165) is 16.9 Å². The second-order valence-electron chi connectivity index (χ2n) is 9.01. The molecule has 1 aliphatic rings. The highest BCUT2D eigenvalue weighted by Gasteiger charge is 2.38. The van der Waals surface area contributed by atoms with Gasteiger partial charge in [-0.05, 0) is 41.7 Å². The summed E-state index contributed by atoms with van der Waals surface area (Å²) in [6.45, 7) is 8.42.